The van der Waals surface area contributed by atoms with E-state index in [4.69, 9.17) is 4.52 Å². The predicted molar refractivity (Wildman–Crippen MR) is 96.1 cm³/mol. The van der Waals surface area contributed by atoms with Crippen LogP contribution in [0.2, 0.25) is 0 Å². The number of hydrogen-bond donors (Lipinski definition) is 1. The molecule has 1 aromatic carbocycles. The van der Waals surface area contributed by atoms with Crippen molar-refractivity contribution < 1.29 is 9.32 Å². The molecule has 1 amide bonds. The van der Waals surface area contributed by atoms with Gasteiger partial charge in [0, 0.05) is 25.7 Å². The molecular formula is C19H26N4O2. The molecule has 1 aliphatic heterocycles. The van der Waals surface area contributed by atoms with Gasteiger partial charge in [0.15, 0.2) is 11.5 Å². The number of benzene rings is 1. The largest absolute Gasteiger partial charge is 0.359 e. The van der Waals surface area contributed by atoms with Gasteiger partial charge >= 0.3 is 0 Å². The highest BCUT2D eigenvalue weighted by Crippen LogP contribution is 2.10. The van der Waals surface area contributed by atoms with E-state index in [2.05, 4.69) is 32.4 Å². The molecule has 0 saturated carbocycles. The molecule has 0 aliphatic carbocycles. The third kappa shape index (κ3) is 5.41. The zero-order chi connectivity index (χ0) is 17.5. The van der Waals surface area contributed by atoms with Gasteiger partial charge in [0.25, 0.3) is 5.91 Å². The van der Waals surface area contributed by atoms with Crippen molar-refractivity contribution in [2.24, 2.45) is 0 Å². The molecule has 6 heteroatoms. The monoisotopic (exact) mass is 342 g/mol. The maximum absolute atomic E-state index is 12.1. The highest BCUT2D eigenvalue weighted by Gasteiger charge is 2.15. The van der Waals surface area contributed by atoms with E-state index in [0.717, 1.165) is 26.2 Å². The van der Waals surface area contributed by atoms with Crippen molar-refractivity contribution in [3.63, 3.8) is 0 Å². The van der Waals surface area contributed by atoms with Gasteiger partial charge in [0.2, 0.25) is 0 Å². The van der Waals surface area contributed by atoms with Crippen molar-refractivity contribution >= 4 is 5.91 Å². The first-order valence-electron chi connectivity index (χ1n) is 8.89. The smallest absolute Gasteiger partial charge is 0.273 e. The minimum Gasteiger partial charge on any atom is -0.359 e. The van der Waals surface area contributed by atoms with Gasteiger partial charge in [-0.25, -0.2) is 0 Å². The lowest BCUT2D eigenvalue weighted by Crippen LogP contribution is -2.33. The van der Waals surface area contributed by atoms with E-state index >= 15 is 0 Å². The van der Waals surface area contributed by atoms with Crippen molar-refractivity contribution in [3.8, 4) is 0 Å². The summed E-state index contributed by atoms with van der Waals surface area (Å²) in [6.07, 6.45) is 2.52. The molecule has 0 spiro atoms. The summed E-state index contributed by atoms with van der Waals surface area (Å²) in [7, 11) is 2.02. The van der Waals surface area contributed by atoms with E-state index in [1.807, 2.05) is 25.2 Å². The van der Waals surface area contributed by atoms with Gasteiger partial charge in [0.1, 0.15) is 0 Å². The predicted octanol–water partition coefficient (Wildman–Crippen LogP) is 2.13. The highest BCUT2D eigenvalue weighted by atomic mass is 16.5. The summed E-state index contributed by atoms with van der Waals surface area (Å²) in [6, 6.07) is 12.0. The van der Waals surface area contributed by atoms with E-state index in [1.54, 1.807) is 6.07 Å². The number of hydrogen-bond acceptors (Lipinski definition) is 5. The second-order valence-corrected chi connectivity index (χ2v) is 6.64. The lowest BCUT2D eigenvalue weighted by atomic mass is 10.2. The Morgan fingerprint density at radius 2 is 2.00 bits per heavy atom. The Balaban J connectivity index is 1.43. The molecular weight excluding hydrogens is 316 g/mol. The van der Waals surface area contributed by atoms with Gasteiger partial charge in [-0.1, -0.05) is 35.5 Å². The van der Waals surface area contributed by atoms with Gasteiger partial charge in [-0.2, -0.15) is 0 Å². The number of nitrogens with one attached hydrogen (secondary N) is 1. The molecule has 1 fully saturated rings. The Hall–Kier alpha value is -2.18. The van der Waals surface area contributed by atoms with Crippen LogP contribution in [0, 0.1) is 0 Å². The van der Waals surface area contributed by atoms with Crippen molar-refractivity contribution in [2.75, 3.05) is 33.2 Å². The zero-order valence-corrected chi connectivity index (χ0v) is 14.8. The molecule has 3 rings (SSSR count). The molecule has 0 unspecified atom stereocenters. The fourth-order valence-electron chi connectivity index (χ4n) is 3.14. The summed E-state index contributed by atoms with van der Waals surface area (Å²) in [5, 5.41) is 6.81. The van der Waals surface area contributed by atoms with Crippen molar-refractivity contribution in [1.82, 2.24) is 20.3 Å². The minimum absolute atomic E-state index is 0.167. The van der Waals surface area contributed by atoms with Crippen molar-refractivity contribution in [2.45, 2.75) is 25.9 Å². The first-order valence-corrected chi connectivity index (χ1v) is 8.89. The standard InChI is InChI=1S/C19H26N4O2/c1-22(14-16-7-3-2-4-8-16)15-17-13-18(21-25-17)19(24)20-9-12-23-10-5-6-11-23/h2-4,7-8,13H,5-6,9-12,14-15H2,1H3,(H,20,24). The summed E-state index contributed by atoms with van der Waals surface area (Å²) in [4.78, 5) is 16.6. The minimum atomic E-state index is -0.167. The van der Waals surface area contributed by atoms with E-state index in [9.17, 15) is 4.79 Å². The number of rotatable bonds is 8. The number of aromatic nitrogens is 1. The fraction of sp³-hybridized carbons (Fsp3) is 0.474. The van der Waals surface area contributed by atoms with E-state index in [1.165, 1.54) is 18.4 Å². The number of carbonyl (C=O) groups excluding carboxylic acids is 1. The first-order chi connectivity index (χ1) is 12.2. The molecule has 1 N–H and O–H groups in total. The van der Waals surface area contributed by atoms with Crippen molar-refractivity contribution in [1.29, 1.82) is 0 Å². The van der Waals surface area contributed by atoms with Gasteiger partial charge in [0.05, 0.1) is 6.54 Å². The van der Waals surface area contributed by atoms with Gasteiger partial charge in [-0.15, -0.1) is 0 Å². The highest BCUT2D eigenvalue weighted by molar-refractivity contribution is 5.92. The van der Waals surface area contributed by atoms with Crippen LogP contribution < -0.4 is 5.32 Å². The number of likely N-dealkylation sites (tertiary alicyclic amines) is 1. The molecule has 6 nitrogen and oxygen atoms in total. The molecule has 2 aromatic rings. The Kier molecular flexibility index (Phi) is 6.19. The Bertz CT molecular complexity index is 665. The van der Waals surface area contributed by atoms with Crippen LogP contribution in [-0.4, -0.2) is 54.1 Å². The maximum atomic E-state index is 12.1. The Morgan fingerprint density at radius 3 is 2.76 bits per heavy atom. The quantitative estimate of drug-likeness (QED) is 0.796. The van der Waals surface area contributed by atoms with Crippen LogP contribution in [0.3, 0.4) is 0 Å². The maximum Gasteiger partial charge on any atom is 0.273 e. The number of amides is 1. The SMILES string of the molecule is CN(Cc1ccccc1)Cc1cc(C(=O)NCCN2CCCC2)no1. The molecule has 1 aromatic heterocycles. The molecule has 1 saturated heterocycles. The van der Waals surface area contributed by atoms with Crippen LogP contribution in [0.15, 0.2) is 40.9 Å². The fourth-order valence-corrected chi connectivity index (χ4v) is 3.14. The Morgan fingerprint density at radius 1 is 1.24 bits per heavy atom. The summed E-state index contributed by atoms with van der Waals surface area (Å²) >= 11 is 0. The normalized spacial score (nSPS) is 15.0. The molecule has 0 atom stereocenters. The number of carbonyl (C=O) groups is 1. The Labute approximate surface area is 148 Å². The van der Waals surface area contributed by atoms with E-state index < -0.39 is 0 Å². The lowest BCUT2D eigenvalue weighted by molar-refractivity contribution is 0.0940. The molecule has 1 aliphatic rings. The molecule has 2 heterocycles. The van der Waals surface area contributed by atoms with Gasteiger partial charge in [-0.3, -0.25) is 9.69 Å². The summed E-state index contributed by atoms with van der Waals surface area (Å²) in [6.45, 7) is 5.25. The van der Waals surface area contributed by atoms with Crippen LogP contribution in [0.5, 0.6) is 0 Å². The molecule has 0 bridgehead atoms. The number of nitrogens with zero attached hydrogens (tertiary/aromatic N) is 3. The lowest BCUT2D eigenvalue weighted by Gasteiger charge is -2.14. The molecule has 25 heavy (non-hydrogen) atoms. The van der Waals surface area contributed by atoms with Crippen LogP contribution >= 0.6 is 0 Å². The van der Waals surface area contributed by atoms with Crippen LogP contribution in [0.25, 0.3) is 0 Å². The summed E-state index contributed by atoms with van der Waals surface area (Å²) in [5.74, 6) is 0.531. The van der Waals surface area contributed by atoms with Crippen LogP contribution in [0.1, 0.15) is 34.7 Å². The second kappa shape index (κ2) is 8.78. The van der Waals surface area contributed by atoms with Crippen LogP contribution in [0.4, 0.5) is 0 Å². The van der Waals surface area contributed by atoms with Gasteiger partial charge < -0.3 is 14.7 Å². The average molecular weight is 342 g/mol. The van der Waals surface area contributed by atoms with E-state index in [0.29, 0.717) is 24.5 Å². The second-order valence-electron chi connectivity index (χ2n) is 6.64. The van der Waals surface area contributed by atoms with E-state index in [-0.39, 0.29) is 5.91 Å². The van der Waals surface area contributed by atoms with Crippen LogP contribution in [-0.2, 0) is 13.1 Å². The summed E-state index contributed by atoms with van der Waals surface area (Å²) in [5.41, 5.74) is 1.59. The summed E-state index contributed by atoms with van der Waals surface area (Å²) < 4.78 is 5.31. The molecule has 134 valence electrons. The average Bonchev–Trinajstić information content (AvgIpc) is 3.27. The third-order valence-electron chi connectivity index (χ3n) is 4.42. The zero-order valence-electron chi connectivity index (χ0n) is 14.8. The topological polar surface area (TPSA) is 61.6 Å². The first kappa shape index (κ1) is 17.6. The van der Waals surface area contributed by atoms with Gasteiger partial charge in [-0.05, 0) is 38.5 Å². The van der Waals surface area contributed by atoms with Crippen molar-refractivity contribution in [3.05, 3.63) is 53.4 Å². The molecule has 0 radical (unpaired) electrons. The third-order valence-corrected chi connectivity index (χ3v) is 4.42.